The number of aliphatic hydroxyl groups is 1. The number of amides is 1. The number of phenolic OH excluding ortho intramolecular Hbond substituents is 1. The van der Waals surface area contributed by atoms with Crippen LogP contribution < -0.4 is 0 Å². The van der Waals surface area contributed by atoms with Gasteiger partial charge >= 0.3 is 0 Å². The van der Waals surface area contributed by atoms with E-state index in [0.717, 1.165) is 10.0 Å². The molecule has 3 aromatic rings. The minimum atomic E-state index is -0.961. The molecule has 4 rings (SSSR count). The van der Waals surface area contributed by atoms with E-state index in [0.29, 0.717) is 16.7 Å². The van der Waals surface area contributed by atoms with Gasteiger partial charge in [-0.25, -0.2) is 4.39 Å². The van der Waals surface area contributed by atoms with Crippen molar-refractivity contribution in [3.05, 3.63) is 104 Å². The average molecular weight is 531 g/mol. The van der Waals surface area contributed by atoms with Gasteiger partial charge in [-0.2, -0.15) is 0 Å². The quantitative estimate of drug-likeness (QED) is 0.251. The predicted octanol–water partition coefficient (Wildman–Crippen LogP) is 5.88. The van der Waals surface area contributed by atoms with Gasteiger partial charge in [-0.3, -0.25) is 9.59 Å². The largest absolute Gasteiger partial charge is 0.507 e. The normalized spacial score (nSPS) is 17.6. The Balaban J connectivity index is 1.88. The second kappa shape index (κ2) is 9.00. The molecule has 0 aromatic heterocycles. The highest BCUT2D eigenvalue weighted by molar-refractivity contribution is 9.10. The summed E-state index contributed by atoms with van der Waals surface area (Å²) in [4.78, 5) is 27.4. The number of aryl methyl sites for hydroxylation is 1. The Morgan fingerprint density at radius 2 is 1.79 bits per heavy atom. The van der Waals surface area contributed by atoms with Crippen molar-refractivity contribution >= 4 is 45.0 Å². The number of aliphatic hydroxyl groups excluding tert-OH is 1. The number of carbonyl (C=O) groups is 2. The molecule has 0 aliphatic carbocycles. The van der Waals surface area contributed by atoms with Crippen LogP contribution in [-0.4, -0.2) is 26.8 Å². The van der Waals surface area contributed by atoms with Crippen molar-refractivity contribution in [1.82, 2.24) is 4.90 Å². The Kier molecular flexibility index (Phi) is 6.28. The second-order valence-electron chi connectivity index (χ2n) is 7.73. The highest BCUT2D eigenvalue weighted by Crippen LogP contribution is 2.42. The highest BCUT2D eigenvalue weighted by atomic mass is 79.9. The molecule has 0 radical (unpaired) electrons. The van der Waals surface area contributed by atoms with Gasteiger partial charge in [-0.15, -0.1) is 0 Å². The molecule has 1 heterocycles. The first-order valence-corrected chi connectivity index (χ1v) is 11.1. The summed E-state index contributed by atoms with van der Waals surface area (Å²) in [5.74, 6) is -2.54. The number of Topliss-reactive ketones (excluding diaryl/α,β-unsaturated/α-hetero) is 1. The average Bonchev–Trinajstić information content (AvgIpc) is 3.03. The van der Waals surface area contributed by atoms with Crippen LogP contribution in [0.2, 0.25) is 5.02 Å². The second-order valence-corrected chi connectivity index (χ2v) is 8.99. The number of ketones is 1. The van der Waals surface area contributed by atoms with Gasteiger partial charge in [-0.1, -0.05) is 51.8 Å². The lowest BCUT2D eigenvalue weighted by atomic mass is 9.94. The number of likely N-dealkylation sites (tertiary alicyclic amines) is 1. The molecular formula is C25H18BrClFNO4. The molecule has 2 N–H and O–H groups in total. The van der Waals surface area contributed by atoms with E-state index in [4.69, 9.17) is 11.6 Å². The van der Waals surface area contributed by atoms with Gasteiger partial charge in [0.05, 0.1) is 16.6 Å². The summed E-state index contributed by atoms with van der Waals surface area (Å²) in [6.07, 6.45) is 0. The number of benzene rings is 3. The maximum atomic E-state index is 13.4. The van der Waals surface area contributed by atoms with Gasteiger partial charge in [0.2, 0.25) is 0 Å². The Hall–Kier alpha value is -3.16. The number of nitrogens with zero attached hydrogens (tertiary/aromatic N) is 1. The summed E-state index contributed by atoms with van der Waals surface area (Å²) >= 11 is 9.52. The molecule has 33 heavy (non-hydrogen) atoms. The lowest BCUT2D eigenvalue weighted by molar-refractivity contribution is -0.140. The monoisotopic (exact) mass is 529 g/mol. The molecule has 1 saturated heterocycles. The molecule has 1 unspecified atom stereocenters. The Labute approximate surface area is 202 Å². The van der Waals surface area contributed by atoms with E-state index < -0.39 is 23.5 Å². The van der Waals surface area contributed by atoms with E-state index in [9.17, 15) is 24.2 Å². The Morgan fingerprint density at radius 3 is 2.42 bits per heavy atom. The van der Waals surface area contributed by atoms with Crippen molar-refractivity contribution in [2.24, 2.45) is 0 Å². The number of carbonyl (C=O) groups excluding carboxylic acids is 2. The number of halogens is 3. The van der Waals surface area contributed by atoms with Crippen molar-refractivity contribution in [1.29, 1.82) is 0 Å². The number of phenols is 1. The summed E-state index contributed by atoms with van der Waals surface area (Å²) in [6, 6.07) is 14.0. The molecule has 0 saturated carbocycles. The van der Waals surface area contributed by atoms with E-state index in [1.54, 1.807) is 18.2 Å². The third kappa shape index (κ3) is 4.38. The molecule has 0 bridgehead atoms. The zero-order chi connectivity index (χ0) is 23.9. The lowest BCUT2D eigenvalue weighted by Crippen LogP contribution is -2.29. The van der Waals surface area contributed by atoms with Gasteiger partial charge in [0.1, 0.15) is 17.3 Å². The Bertz CT molecular complexity index is 1310. The van der Waals surface area contributed by atoms with Gasteiger partial charge in [0.15, 0.2) is 0 Å². The van der Waals surface area contributed by atoms with Crippen LogP contribution in [0.15, 0.2) is 70.7 Å². The van der Waals surface area contributed by atoms with Crippen LogP contribution in [0.1, 0.15) is 28.3 Å². The first kappa shape index (κ1) is 23.0. The SMILES string of the molecule is Cc1cc(/C(O)=C2/C(=O)C(=O)N(Cc3ccc(F)cc3)C2c2ccc(O)c(Cl)c2)ccc1Br. The van der Waals surface area contributed by atoms with Crippen molar-refractivity contribution in [2.45, 2.75) is 19.5 Å². The molecule has 1 atom stereocenters. The maximum Gasteiger partial charge on any atom is 0.295 e. The number of hydrogen-bond donors (Lipinski definition) is 2. The molecule has 1 aliphatic rings. The van der Waals surface area contributed by atoms with Crippen LogP contribution in [-0.2, 0) is 16.1 Å². The minimum absolute atomic E-state index is 0.00413. The summed E-state index contributed by atoms with van der Waals surface area (Å²) in [5, 5.41) is 21.0. The van der Waals surface area contributed by atoms with Crippen LogP contribution in [0.5, 0.6) is 5.75 Å². The number of aromatic hydroxyl groups is 1. The predicted molar refractivity (Wildman–Crippen MR) is 126 cm³/mol. The van der Waals surface area contributed by atoms with Crippen molar-refractivity contribution in [3.63, 3.8) is 0 Å². The number of hydrogen-bond acceptors (Lipinski definition) is 4. The standard InChI is InChI=1S/C25H18BrClFNO4/c1-13-10-16(4-8-18(13)26)23(31)21-22(15-5-9-20(30)19(27)11-15)29(25(33)24(21)32)12-14-2-6-17(28)7-3-14/h2-11,22,30-31H,12H2,1H3/b23-21-. The van der Waals surface area contributed by atoms with Gasteiger partial charge in [0, 0.05) is 16.6 Å². The Morgan fingerprint density at radius 1 is 1.09 bits per heavy atom. The number of rotatable bonds is 4. The van der Waals surface area contributed by atoms with Gasteiger partial charge in [-0.05, 0) is 60.0 Å². The molecule has 1 amide bonds. The third-order valence-electron chi connectivity index (χ3n) is 5.52. The van der Waals surface area contributed by atoms with E-state index in [-0.39, 0.29) is 28.6 Å². The summed E-state index contributed by atoms with van der Waals surface area (Å²) < 4.78 is 14.2. The summed E-state index contributed by atoms with van der Waals surface area (Å²) in [6.45, 7) is 1.84. The molecule has 8 heteroatoms. The van der Waals surface area contributed by atoms with Crippen molar-refractivity contribution in [2.75, 3.05) is 0 Å². The van der Waals surface area contributed by atoms with E-state index in [1.165, 1.54) is 47.4 Å². The highest BCUT2D eigenvalue weighted by Gasteiger charge is 2.46. The summed E-state index contributed by atoms with van der Waals surface area (Å²) in [5.41, 5.74) is 2.17. The van der Waals surface area contributed by atoms with Crippen molar-refractivity contribution < 1.29 is 24.2 Å². The smallest absolute Gasteiger partial charge is 0.295 e. The van der Waals surface area contributed by atoms with Crippen LogP contribution >= 0.6 is 27.5 Å². The molecule has 0 spiro atoms. The molecule has 1 fully saturated rings. The first-order chi connectivity index (χ1) is 15.7. The van der Waals surface area contributed by atoms with Gasteiger partial charge < -0.3 is 15.1 Å². The van der Waals surface area contributed by atoms with Crippen LogP contribution in [0, 0.1) is 12.7 Å². The maximum absolute atomic E-state index is 13.4. The molecule has 3 aromatic carbocycles. The fraction of sp³-hybridized carbons (Fsp3) is 0.120. The van der Waals surface area contributed by atoms with E-state index in [2.05, 4.69) is 15.9 Å². The van der Waals surface area contributed by atoms with Crippen LogP contribution in [0.3, 0.4) is 0 Å². The zero-order valence-corrected chi connectivity index (χ0v) is 19.7. The van der Waals surface area contributed by atoms with Crippen molar-refractivity contribution in [3.8, 4) is 5.75 Å². The van der Waals surface area contributed by atoms with Crippen LogP contribution in [0.25, 0.3) is 5.76 Å². The van der Waals surface area contributed by atoms with Gasteiger partial charge in [0.25, 0.3) is 11.7 Å². The van der Waals surface area contributed by atoms with E-state index >= 15 is 0 Å². The minimum Gasteiger partial charge on any atom is -0.507 e. The summed E-state index contributed by atoms with van der Waals surface area (Å²) in [7, 11) is 0. The molecule has 5 nitrogen and oxygen atoms in total. The first-order valence-electron chi connectivity index (χ1n) is 9.95. The molecule has 1 aliphatic heterocycles. The fourth-order valence-corrected chi connectivity index (χ4v) is 4.25. The molecule has 168 valence electrons. The fourth-order valence-electron chi connectivity index (χ4n) is 3.82. The topological polar surface area (TPSA) is 77.8 Å². The van der Waals surface area contributed by atoms with Crippen LogP contribution in [0.4, 0.5) is 4.39 Å². The zero-order valence-electron chi connectivity index (χ0n) is 17.3. The van der Waals surface area contributed by atoms with E-state index in [1.807, 2.05) is 6.92 Å². The lowest BCUT2D eigenvalue weighted by Gasteiger charge is -2.25. The third-order valence-corrected chi connectivity index (χ3v) is 6.72. The molecular weight excluding hydrogens is 513 g/mol.